The number of nitrogens with zero attached hydrogens (tertiary/aromatic N) is 7. The van der Waals surface area contributed by atoms with Crippen LogP contribution in [-0.2, 0) is 43.6 Å². The molecule has 578 valence electrons. The van der Waals surface area contributed by atoms with Crippen LogP contribution in [0, 0.1) is 11.6 Å². The summed E-state index contributed by atoms with van der Waals surface area (Å²) in [6.45, 7) is 9.04. The van der Waals surface area contributed by atoms with Crippen LogP contribution in [0.15, 0.2) is 209 Å². The summed E-state index contributed by atoms with van der Waals surface area (Å²) in [6.07, 6.45) is 12.6. The molecule has 3 aromatic heterocycles. The summed E-state index contributed by atoms with van der Waals surface area (Å²) in [6, 6.07) is 54.1. The molecule has 12 aromatic rings. The van der Waals surface area contributed by atoms with Crippen LogP contribution in [0.2, 0.25) is 10.0 Å². The van der Waals surface area contributed by atoms with Gasteiger partial charge in [0, 0.05) is 114 Å². The van der Waals surface area contributed by atoms with Gasteiger partial charge in [0.25, 0.3) is 20.0 Å². The normalized spacial score (nSPS) is 15.9. The van der Waals surface area contributed by atoms with E-state index >= 15 is 0 Å². The summed E-state index contributed by atoms with van der Waals surface area (Å²) < 4.78 is 133. The van der Waals surface area contributed by atoms with Crippen LogP contribution in [-0.4, -0.2) is 161 Å². The lowest BCUT2D eigenvalue weighted by Crippen LogP contribution is -2.50. The highest BCUT2D eigenvalue weighted by Crippen LogP contribution is 2.42. The largest absolute Gasteiger partial charge is 0.497 e. The molecular formula is C84H91Cl2F2N9O10S3. The van der Waals surface area contributed by atoms with Crippen molar-refractivity contribution in [3.8, 4) is 34.3 Å². The Morgan fingerprint density at radius 1 is 0.609 bits per heavy atom. The number of sulfonamides is 1. The van der Waals surface area contributed by atoms with Crippen LogP contribution in [0.3, 0.4) is 0 Å². The van der Waals surface area contributed by atoms with Crippen molar-refractivity contribution >= 4 is 114 Å². The first-order chi connectivity index (χ1) is 52.9. The van der Waals surface area contributed by atoms with Crippen molar-refractivity contribution in [1.82, 2.24) is 28.2 Å². The first-order valence-electron chi connectivity index (χ1n) is 36.8. The van der Waals surface area contributed by atoms with Gasteiger partial charge in [0.05, 0.1) is 53.0 Å². The van der Waals surface area contributed by atoms with Gasteiger partial charge in [-0.1, -0.05) is 102 Å². The van der Waals surface area contributed by atoms with Crippen molar-refractivity contribution < 1.29 is 52.4 Å². The van der Waals surface area contributed by atoms with Gasteiger partial charge in [-0.2, -0.15) is 8.42 Å². The molecule has 4 aliphatic rings. The fourth-order valence-electron chi connectivity index (χ4n) is 15.3. The third-order valence-corrected chi connectivity index (χ3v) is 25.9. The number of rotatable bonds is 18. The Morgan fingerprint density at radius 3 is 2.06 bits per heavy atom. The summed E-state index contributed by atoms with van der Waals surface area (Å²) >= 11 is 12.1. The third-order valence-electron chi connectivity index (χ3n) is 21.0. The molecule has 4 aliphatic heterocycles. The highest BCUT2D eigenvalue weighted by molar-refractivity contribution is 7.92. The van der Waals surface area contributed by atoms with Gasteiger partial charge in [-0.15, -0.1) is 0 Å². The second kappa shape index (κ2) is 34.1. The van der Waals surface area contributed by atoms with Crippen LogP contribution < -0.4 is 32.9 Å². The molecule has 0 bridgehead atoms. The number of likely N-dealkylation sites (tertiary alicyclic amines) is 1. The lowest BCUT2D eigenvalue weighted by Gasteiger charge is -2.38. The maximum atomic E-state index is 13.9. The number of anilines is 3. The average molecular weight is 1590 g/mol. The molecule has 9 aromatic carbocycles. The molecular weight excluding hydrogens is 1500 g/mol. The van der Waals surface area contributed by atoms with Crippen LogP contribution >= 0.6 is 23.2 Å². The Bertz CT molecular complexity index is 5630. The van der Waals surface area contributed by atoms with E-state index in [1.165, 1.54) is 83.4 Å². The van der Waals surface area contributed by atoms with E-state index < -0.39 is 46.7 Å². The van der Waals surface area contributed by atoms with E-state index in [1.807, 2.05) is 72.3 Å². The number of aryl methyl sites for hydroxylation is 1. The van der Waals surface area contributed by atoms with Crippen molar-refractivity contribution in [3.63, 3.8) is 0 Å². The van der Waals surface area contributed by atoms with Gasteiger partial charge < -0.3 is 47.5 Å². The first kappa shape index (κ1) is 78.7. The molecule has 110 heavy (non-hydrogen) atoms. The number of H-pyrrole nitrogens is 1. The second-order valence-corrected chi connectivity index (χ2v) is 34.2. The van der Waals surface area contributed by atoms with E-state index in [1.54, 1.807) is 50.7 Å². The predicted octanol–water partition coefficient (Wildman–Crippen LogP) is 17.1. The van der Waals surface area contributed by atoms with Crippen molar-refractivity contribution in [3.05, 3.63) is 227 Å². The number of nitrogens with one attached hydrogen (secondary N) is 2. The number of piperidine rings is 2. The fraction of sp³-hybridized carbons (Fsp3) is 0.310. The molecule has 0 saturated carbocycles. The summed E-state index contributed by atoms with van der Waals surface area (Å²) in [5, 5.41) is 5.27. The molecule has 2 N–H and O–H groups in total. The van der Waals surface area contributed by atoms with E-state index in [-0.39, 0.29) is 27.1 Å². The molecule has 0 spiro atoms. The van der Waals surface area contributed by atoms with E-state index in [0.717, 1.165) is 163 Å². The maximum absolute atomic E-state index is 13.9. The number of halogens is 4. The van der Waals surface area contributed by atoms with Gasteiger partial charge in [-0.05, 0) is 223 Å². The molecule has 26 heteroatoms. The molecule has 1 unspecified atom stereocenters. The number of hydrogen-bond donors (Lipinski definition) is 2. The Balaban J connectivity index is 0.000000130. The Kier molecular flexibility index (Phi) is 24.4. The molecule has 0 aliphatic carbocycles. The minimum Gasteiger partial charge on any atom is -0.497 e. The number of hydrogen-bond acceptors (Lipinski definition) is 15. The first-order valence-corrected chi connectivity index (χ1v) is 41.9. The second-order valence-electron chi connectivity index (χ2n) is 28.4. The van der Waals surface area contributed by atoms with Gasteiger partial charge in [0.15, 0.2) is 10.6 Å². The van der Waals surface area contributed by atoms with Gasteiger partial charge in [-0.3, -0.25) is 9.62 Å². The molecule has 4 saturated heterocycles. The average Bonchev–Trinajstić information content (AvgIpc) is 1.67. The number of ether oxygens (including phenoxy) is 3. The minimum absolute atomic E-state index is 0.0283. The van der Waals surface area contributed by atoms with Crippen LogP contribution in [0.25, 0.3) is 54.7 Å². The van der Waals surface area contributed by atoms with E-state index in [4.69, 9.17) is 41.6 Å². The minimum atomic E-state index is -4.64. The summed E-state index contributed by atoms with van der Waals surface area (Å²) in [5.74, 6) is -0.220. The van der Waals surface area contributed by atoms with Crippen molar-refractivity contribution in [2.75, 3.05) is 116 Å². The summed E-state index contributed by atoms with van der Waals surface area (Å²) in [5.41, 5.74) is 9.82. The summed E-state index contributed by atoms with van der Waals surface area (Å²) in [7, 11) is 0.692. The molecule has 19 nitrogen and oxygen atoms in total. The van der Waals surface area contributed by atoms with E-state index in [9.17, 15) is 34.0 Å². The van der Waals surface area contributed by atoms with Crippen molar-refractivity contribution in [1.29, 1.82) is 0 Å². The summed E-state index contributed by atoms with van der Waals surface area (Å²) in [4.78, 5) is 14.6. The number of fused-ring (bicyclic) bond motifs is 5. The predicted molar refractivity (Wildman–Crippen MR) is 437 cm³/mol. The van der Waals surface area contributed by atoms with Gasteiger partial charge in [0.1, 0.15) is 28.9 Å². The number of benzene rings is 9. The molecule has 0 radical (unpaired) electrons. The standard InChI is InChI=1S/C25H25N3O2S.C21H22F2N2O3S.C19H22Cl2N2O4S.C19H22N2O/c29-31(30,25-9-3-6-19-5-1-2-8-23(19)25)28-14-12-20-10-11-21(17-24(20)28)27-16-15-26-13-4-7-22(26)18-27;1-24-10-8-14(9-11-24)17-13-25(2)20-7-6-15(12-16(17)20)28-29(26,27)21-18(22)4-3-5-19(21)23;1-26-18-7-6-14(12-17(18)23-8-4-3-5-9-23)28(24,25)22-16-11-13(20)10-15(21)19(16)27-2;1-21(2)12-11-16-17-13-15(22-3)9-10-18(17)20-19(16)14-7-5-4-6-8-14/h1-3,5-6,8-12,14,17,22H,4,7,13,15-16,18H2;3-7,12-14H,8-11H2,1-2H3;6-7,10-12,22H,3-5,8-9H2,1-2H3;4-10,13,20H,11-12H2,1-3H3. The number of aromatic nitrogens is 3. The molecule has 4 fully saturated rings. The Morgan fingerprint density at radius 2 is 1.33 bits per heavy atom. The van der Waals surface area contributed by atoms with Crippen molar-refractivity contribution in [2.45, 2.75) is 78.0 Å². The number of methoxy groups -OCH3 is 3. The smallest absolute Gasteiger partial charge is 0.345 e. The van der Waals surface area contributed by atoms with E-state index in [2.05, 4.69) is 110 Å². The van der Waals surface area contributed by atoms with Gasteiger partial charge in [-0.25, -0.2) is 29.6 Å². The highest BCUT2D eigenvalue weighted by atomic mass is 35.5. The van der Waals surface area contributed by atoms with Crippen LogP contribution in [0.1, 0.15) is 62.0 Å². The molecule has 1 atom stereocenters. The zero-order valence-corrected chi connectivity index (χ0v) is 66.6. The monoisotopic (exact) mass is 1590 g/mol. The fourth-order valence-corrected chi connectivity index (χ4v) is 19.6. The zero-order valence-electron chi connectivity index (χ0n) is 62.6. The van der Waals surface area contributed by atoms with Gasteiger partial charge >= 0.3 is 10.1 Å². The lowest BCUT2D eigenvalue weighted by molar-refractivity contribution is 0.231. The molecule has 0 amide bonds. The van der Waals surface area contributed by atoms with Crippen LogP contribution in [0.5, 0.6) is 23.0 Å². The highest BCUT2D eigenvalue weighted by Gasteiger charge is 2.33. The number of aromatic amines is 1. The quantitative estimate of drug-likeness (QED) is 0.0770. The zero-order chi connectivity index (χ0) is 77.6. The van der Waals surface area contributed by atoms with Gasteiger partial charge in [0.2, 0.25) is 0 Å². The number of piperazine rings is 1. The van der Waals surface area contributed by atoms with Crippen molar-refractivity contribution in [2.24, 2.45) is 7.05 Å². The Hall–Kier alpha value is -9.37. The van der Waals surface area contributed by atoms with Crippen LogP contribution in [0.4, 0.5) is 25.8 Å². The van der Waals surface area contributed by atoms with E-state index in [0.29, 0.717) is 27.6 Å². The molecule has 16 rings (SSSR count). The third kappa shape index (κ3) is 17.4. The molecule has 7 heterocycles. The topological polar surface area (TPSA) is 193 Å². The maximum Gasteiger partial charge on any atom is 0.345 e. The lowest BCUT2D eigenvalue weighted by atomic mass is 9.89. The SMILES string of the molecule is CN1CCC(c2cn(C)c3ccc(OS(=O)(=O)c4c(F)cccc4F)cc23)CC1.COc1ccc(S(=O)(=O)Nc2cc(Cl)cc(Cl)c2OC)cc1N1CCCCC1.COc1ccc2[nH]c(-c3ccccc3)c(CCN(C)C)c2c1.O=S(=O)(c1cccc2ccccc12)n1ccc2ccc(N3CCN4CCCC4C3)cc21. The number of likely N-dealkylation sites (N-methyl/N-ethyl adjacent to an activating group) is 1. The Labute approximate surface area is 652 Å².